The van der Waals surface area contributed by atoms with Crippen molar-refractivity contribution in [2.75, 3.05) is 5.32 Å². The number of carboxylic acid groups (broad SMARTS) is 1. The molecule has 1 aromatic heterocycles. The Labute approximate surface area is 165 Å². The molecule has 0 bridgehead atoms. The fourth-order valence-corrected chi connectivity index (χ4v) is 3.77. The van der Waals surface area contributed by atoms with Crippen molar-refractivity contribution < 1.29 is 14.7 Å². The molecule has 1 aliphatic rings. The molecule has 7 nitrogen and oxygen atoms in total. The zero-order chi connectivity index (χ0) is 20.0. The van der Waals surface area contributed by atoms with Gasteiger partial charge in [-0.2, -0.15) is 4.80 Å². The zero-order valence-electron chi connectivity index (χ0n) is 15.2. The van der Waals surface area contributed by atoms with E-state index in [-0.39, 0.29) is 23.8 Å². The molecule has 1 amide bonds. The van der Waals surface area contributed by atoms with Gasteiger partial charge in [0.15, 0.2) is 0 Å². The van der Waals surface area contributed by atoms with E-state index in [1.165, 1.54) is 0 Å². The minimum absolute atomic E-state index is 0.0837. The molecule has 0 radical (unpaired) electrons. The van der Waals surface area contributed by atoms with Gasteiger partial charge >= 0.3 is 5.97 Å². The molecule has 0 fully saturated rings. The Hall–Kier alpha value is -4.00. The molecule has 0 saturated heterocycles. The maximum absolute atomic E-state index is 12.3. The van der Waals surface area contributed by atoms with Crippen molar-refractivity contribution in [3.63, 3.8) is 0 Å². The molecule has 5 rings (SSSR count). The number of nitrogens with zero attached hydrogens (tertiary/aromatic N) is 3. The minimum atomic E-state index is -0.980. The molecule has 1 aliphatic heterocycles. The number of hydrogen-bond acceptors (Lipinski definition) is 4. The molecule has 2 N–H and O–H groups in total. The van der Waals surface area contributed by atoms with Crippen molar-refractivity contribution in [1.29, 1.82) is 0 Å². The van der Waals surface area contributed by atoms with Gasteiger partial charge in [-0.3, -0.25) is 4.79 Å². The van der Waals surface area contributed by atoms with Crippen LogP contribution in [-0.2, 0) is 4.79 Å². The van der Waals surface area contributed by atoms with E-state index >= 15 is 0 Å². The Balaban J connectivity index is 1.67. The predicted molar refractivity (Wildman–Crippen MR) is 107 cm³/mol. The second kappa shape index (κ2) is 6.56. The summed E-state index contributed by atoms with van der Waals surface area (Å²) in [7, 11) is 0. The third-order valence-corrected chi connectivity index (χ3v) is 5.15. The highest BCUT2D eigenvalue weighted by atomic mass is 16.4. The number of nitrogens with one attached hydrogen (secondary N) is 1. The number of carbonyl (C=O) groups is 2. The smallest absolute Gasteiger partial charge is 0.335 e. The number of benzene rings is 3. The quantitative estimate of drug-likeness (QED) is 0.563. The normalized spacial score (nSPS) is 15.7. The Kier molecular flexibility index (Phi) is 3.87. The first-order valence-corrected chi connectivity index (χ1v) is 9.18. The molecule has 1 atom stereocenters. The van der Waals surface area contributed by atoms with Gasteiger partial charge in [-0.15, -0.1) is 10.2 Å². The topological polar surface area (TPSA) is 97.1 Å². The molecule has 142 valence electrons. The van der Waals surface area contributed by atoms with Crippen LogP contribution in [0.4, 0.5) is 5.69 Å². The summed E-state index contributed by atoms with van der Waals surface area (Å²) >= 11 is 0. The van der Waals surface area contributed by atoms with Crippen molar-refractivity contribution in [2.24, 2.45) is 0 Å². The summed E-state index contributed by atoms with van der Waals surface area (Å²) in [6.45, 7) is 0. The van der Waals surface area contributed by atoms with Crippen molar-refractivity contribution >= 4 is 28.6 Å². The highest BCUT2D eigenvalue weighted by Crippen LogP contribution is 2.40. The molecule has 4 aromatic rings. The second-order valence-electron chi connectivity index (χ2n) is 6.95. The molecular formula is C22H16N4O3. The molecule has 2 heterocycles. The third kappa shape index (κ3) is 2.93. The molecule has 1 unspecified atom stereocenters. The lowest BCUT2D eigenvalue weighted by atomic mass is 9.84. The minimum Gasteiger partial charge on any atom is -0.478 e. The van der Waals surface area contributed by atoms with E-state index in [0.29, 0.717) is 5.69 Å². The van der Waals surface area contributed by atoms with Gasteiger partial charge in [0, 0.05) is 23.6 Å². The Morgan fingerprint density at radius 2 is 1.76 bits per heavy atom. The van der Waals surface area contributed by atoms with E-state index < -0.39 is 5.97 Å². The van der Waals surface area contributed by atoms with E-state index in [1.807, 2.05) is 42.5 Å². The molecule has 29 heavy (non-hydrogen) atoms. The summed E-state index contributed by atoms with van der Waals surface area (Å²) < 4.78 is 0. The van der Waals surface area contributed by atoms with Gasteiger partial charge in [0.1, 0.15) is 11.0 Å². The molecule has 0 aliphatic carbocycles. The van der Waals surface area contributed by atoms with Crippen LogP contribution in [-0.4, -0.2) is 32.0 Å². The number of amides is 1. The molecule has 3 aromatic carbocycles. The number of carbonyl (C=O) groups excluding carboxylic acids is 1. The first-order valence-electron chi connectivity index (χ1n) is 9.18. The summed E-state index contributed by atoms with van der Waals surface area (Å²) in [5, 5.41) is 21.4. The van der Waals surface area contributed by atoms with Crippen LogP contribution < -0.4 is 5.32 Å². The van der Waals surface area contributed by atoms with Gasteiger partial charge in [-0.1, -0.05) is 30.3 Å². The van der Waals surface area contributed by atoms with Crippen LogP contribution in [0.1, 0.15) is 33.8 Å². The fourth-order valence-electron chi connectivity index (χ4n) is 3.77. The monoisotopic (exact) mass is 384 g/mol. The first-order chi connectivity index (χ1) is 14.1. The van der Waals surface area contributed by atoms with Crippen LogP contribution in [0.25, 0.3) is 16.7 Å². The van der Waals surface area contributed by atoms with E-state index in [9.17, 15) is 9.59 Å². The van der Waals surface area contributed by atoms with Gasteiger partial charge in [-0.25, -0.2) is 4.79 Å². The van der Waals surface area contributed by atoms with Crippen molar-refractivity contribution in [2.45, 2.75) is 12.3 Å². The first kappa shape index (κ1) is 17.1. The van der Waals surface area contributed by atoms with E-state index in [4.69, 9.17) is 10.2 Å². The summed E-state index contributed by atoms with van der Waals surface area (Å²) in [5.74, 6) is -1.29. The lowest BCUT2D eigenvalue weighted by Gasteiger charge is -2.26. The van der Waals surface area contributed by atoms with Gasteiger partial charge in [0.25, 0.3) is 0 Å². The third-order valence-electron chi connectivity index (χ3n) is 5.15. The Morgan fingerprint density at radius 3 is 2.48 bits per heavy atom. The van der Waals surface area contributed by atoms with Gasteiger partial charge in [0.05, 0.1) is 11.3 Å². The summed E-state index contributed by atoms with van der Waals surface area (Å²) in [4.78, 5) is 25.1. The summed E-state index contributed by atoms with van der Waals surface area (Å²) in [5.41, 5.74) is 4.98. The number of para-hydroxylation sites is 1. The molecule has 0 saturated carbocycles. The lowest BCUT2D eigenvalue weighted by molar-refractivity contribution is -0.116. The average Bonchev–Trinajstić information content (AvgIpc) is 3.18. The Bertz CT molecular complexity index is 1250. The van der Waals surface area contributed by atoms with Crippen LogP contribution >= 0.6 is 0 Å². The summed E-state index contributed by atoms with van der Waals surface area (Å²) in [6.07, 6.45) is 0.261. The standard InChI is InChI=1S/C22H16N4O3/c27-19-12-16(13-6-8-14(9-7-13)22(28)29)20-17(23-19)10-11-18-21(20)25-26(24-18)15-4-2-1-3-5-15/h1-11,16H,12H2,(H,23,27)(H,28,29). The maximum Gasteiger partial charge on any atom is 0.335 e. The number of rotatable bonds is 3. The van der Waals surface area contributed by atoms with Gasteiger partial charge < -0.3 is 10.4 Å². The fraction of sp³-hybridized carbons (Fsp3) is 0.0909. The van der Waals surface area contributed by atoms with Crippen LogP contribution in [0.5, 0.6) is 0 Å². The van der Waals surface area contributed by atoms with Crippen molar-refractivity contribution in [3.05, 3.63) is 83.4 Å². The highest BCUT2D eigenvalue weighted by molar-refractivity contribution is 6.00. The predicted octanol–water partition coefficient (Wildman–Crippen LogP) is 3.59. The maximum atomic E-state index is 12.3. The largest absolute Gasteiger partial charge is 0.478 e. The van der Waals surface area contributed by atoms with Crippen LogP contribution in [0.2, 0.25) is 0 Å². The van der Waals surface area contributed by atoms with E-state index in [2.05, 4.69) is 10.4 Å². The van der Waals surface area contributed by atoms with Gasteiger partial charge in [-0.05, 0) is 42.0 Å². The SMILES string of the molecule is O=C1CC(c2ccc(C(=O)O)cc2)c2c(ccc3nn(-c4ccccc4)nc23)N1. The van der Waals surface area contributed by atoms with Crippen LogP contribution in [0, 0.1) is 0 Å². The highest BCUT2D eigenvalue weighted by Gasteiger charge is 2.30. The number of hydrogen-bond donors (Lipinski definition) is 2. The number of aromatic carboxylic acids is 1. The van der Waals surface area contributed by atoms with Crippen molar-refractivity contribution in [1.82, 2.24) is 15.0 Å². The van der Waals surface area contributed by atoms with E-state index in [0.717, 1.165) is 27.8 Å². The number of fused-ring (bicyclic) bond motifs is 3. The van der Waals surface area contributed by atoms with E-state index in [1.54, 1.807) is 29.1 Å². The molecule has 7 heteroatoms. The van der Waals surface area contributed by atoms with Crippen LogP contribution in [0.3, 0.4) is 0 Å². The number of aromatic nitrogens is 3. The lowest BCUT2D eigenvalue weighted by Crippen LogP contribution is -2.23. The molecule has 0 spiro atoms. The van der Waals surface area contributed by atoms with Crippen molar-refractivity contribution in [3.8, 4) is 5.69 Å². The van der Waals surface area contributed by atoms with Crippen LogP contribution in [0.15, 0.2) is 66.7 Å². The van der Waals surface area contributed by atoms with Gasteiger partial charge in [0.2, 0.25) is 5.91 Å². The Morgan fingerprint density at radius 1 is 1.00 bits per heavy atom. The number of anilines is 1. The zero-order valence-corrected chi connectivity index (χ0v) is 15.2. The summed E-state index contributed by atoms with van der Waals surface area (Å²) in [6, 6.07) is 20.0. The second-order valence-corrected chi connectivity index (χ2v) is 6.95. The molecular weight excluding hydrogens is 368 g/mol. The average molecular weight is 384 g/mol. The number of carboxylic acids is 1.